The van der Waals surface area contributed by atoms with Crippen LogP contribution in [0.15, 0.2) is 79.0 Å². The molecule has 1 heterocycles. The van der Waals surface area contributed by atoms with Gasteiger partial charge in [-0.15, -0.1) is 0 Å². The summed E-state index contributed by atoms with van der Waals surface area (Å²) >= 11 is 12.3. The number of aromatic nitrogens is 1. The highest BCUT2D eigenvalue weighted by Gasteiger charge is 2.20. The van der Waals surface area contributed by atoms with E-state index >= 15 is 0 Å². The molecule has 4 aromatic rings. The van der Waals surface area contributed by atoms with Gasteiger partial charge in [0.1, 0.15) is 12.2 Å². The van der Waals surface area contributed by atoms with Crippen LogP contribution in [0.4, 0.5) is 5.69 Å². The first-order valence-corrected chi connectivity index (χ1v) is 10.3. The summed E-state index contributed by atoms with van der Waals surface area (Å²) in [6, 6.07) is 21.9. The predicted molar refractivity (Wildman–Crippen MR) is 124 cm³/mol. The second-order valence-electron chi connectivity index (χ2n) is 6.63. The Morgan fingerprint density at radius 2 is 1.68 bits per heavy atom. The monoisotopic (exact) mass is 452 g/mol. The summed E-state index contributed by atoms with van der Waals surface area (Å²) in [4.78, 5) is 17.2. The van der Waals surface area contributed by atoms with Crippen molar-refractivity contribution < 1.29 is 14.3 Å². The number of benzene rings is 3. The van der Waals surface area contributed by atoms with E-state index in [2.05, 4.69) is 10.3 Å². The van der Waals surface area contributed by atoms with E-state index < -0.39 is 5.97 Å². The first-order valence-electron chi connectivity index (χ1n) is 9.58. The number of anilines is 1. The maximum Gasteiger partial charge on any atom is 0.347 e. The fourth-order valence-electron chi connectivity index (χ4n) is 3.06. The van der Waals surface area contributed by atoms with Crippen molar-refractivity contribution in [1.29, 1.82) is 0 Å². The average molecular weight is 453 g/mol. The molecule has 4 rings (SSSR count). The van der Waals surface area contributed by atoms with E-state index in [0.717, 1.165) is 5.69 Å². The van der Waals surface area contributed by atoms with Gasteiger partial charge in [0, 0.05) is 23.8 Å². The van der Waals surface area contributed by atoms with Crippen molar-refractivity contribution in [2.75, 3.05) is 18.5 Å². The molecule has 0 unspecified atom stereocenters. The Balaban J connectivity index is 1.48. The normalized spacial score (nSPS) is 10.6. The van der Waals surface area contributed by atoms with Crippen LogP contribution >= 0.6 is 23.2 Å². The maximum absolute atomic E-state index is 13.0. The second-order valence-corrected chi connectivity index (χ2v) is 7.47. The summed E-state index contributed by atoms with van der Waals surface area (Å²) in [6.45, 7) is 0.977. The molecule has 0 aliphatic carbocycles. The number of hydrogen-bond acceptors (Lipinski definition) is 5. The predicted octanol–water partition coefficient (Wildman–Crippen LogP) is 6.25. The van der Waals surface area contributed by atoms with Gasteiger partial charge in [-0.3, -0.25) is 4.98 Å². The quantitative estimate of drug-likeness (QED) is 0.204. The largest absolute Gasteiger partial charge is 0.488 e. The molecule has 0 saturated carbocycles. The Hall–Kier alpha value is -3.28. The lowest BCUT2D eigenvalue weighted by Gasteiger charge is -2.13. The molecule has 0 bridgehead atoms. The van der Waals surface area contributed by atoms with Crippen molar-refractivity contribution in [3.05, 3.63) is 94.6 Å². The smallest absolute Gasteiger partial charge is 0.347 e. The Bertz CT molecular complexity index is 1220. The molecule has 1 aromatic heterocycles. The van der Waals surface area contributed by atoms with Crippen LogP contribution in [0.1, 0.15) is 10.4 Å². The molecule has 3 aromatic carbocycles. The molecule has 7 heteroatoms. The third kappa shape index (κ3) is 5.08. The molecule has 0 amide bonds. The Morgan fingerprint density at radius 1 is 0.935 bits per heavy atom. The number of nitrogens with zero attached hydrogens (tertiary/aromatic N) is 1. The van der Waals surface area contributed by atoms with Crippen LogP contribution in [-0.4, -0.2) is 24.1 Å². The van der Waals surface area contributed by atoms with Gasteiger partial charge in [-0.25, -0.2) is 4.79 Å². The number of pyridine rings is 1. The lowest BCUT2D eigenvalue weighted by atomic mass is 10.1. The zero-order valence-corrected chi connectivity index (χ0v) is 17.9. The molecule has 0 aliphatic rings. The van der Waals surface area contributed by atoms with Crippen LogP contribution in [0, 0.1) is 0 Å². The zero-order valence-electron chi connectivity index (χ0n) is 16.3. The maximum atomic E-state index is 13.0. The van der Waals surface area contributed by atoms with Crippen molar-refractivity contribution >= 4 is 45.8 Å². The molecule has 0 spiro atoms. The molecule has 0 aliphatic heterocycles. The Labute approximate surface area is 189 Å². The van der Waals surface area contributed by atoms with Crippen molar-refractivity contribution in [3.8, 4) is 11.5 Å². The van der Waals surface area contributed by atoms with E-state index in [1.165, 1.54) is 6.20 Å². The van der Waals surface area contributed by atoms with E-state index in [4.69, 9.17) is 32.7 Å². The lowest BCUT2D eigenvalue weighted by Crippen LogP contribution is -2.14. The van der Waals surface area contributed by atoms with Gasteiger partial charge in [0.15, 0.2) is 11.5 Å². The van der Waals surface area contributed by atoms with Crippen molar-refractivity contribution in [2.24, 2.45) is 0 Å². The van der Waals surface area contributed by atoms with Crippen LogP contribution in [0.3, 0.4) is 0 Å². The van der Waals surface area contributed by atoms with Gasteiger partial charge < -0.3 is 14.8 Å². The van der Waals surface area contributed by atoms with Gasteiger partial charge in [0.05, 0.1) is 15.6 Å². The molecule has 5 nitrogen and oxygen atoms in total. The van der Waals surface area contributed by atoms with Crippen molar-refractivity contribution in [3.63, 3.8) is 0 Å². The standard InChI is InChI=1S/C24H18Cl2N2O3/c25-17-14-16-10-11-19(26)22(23(16)28-15-17)24(29)31-21-9-5-4-8-20(21)30-13-12-27-18-6-2-1-3-7-18/h1-11,14-15,27H,12-13H2. The summed E-state index contributed by atoms with van der Waals surface area (Å²) in [6.07, 6.45) is 1.47. The second kappa shape index (κ2) is 9.69. The van der Waals surface area contributed by atoms with Crippen LogP contribution in [0.25, 0.3) is 10.9 Å². The van der Waals surface area contributed by atoms with Crippen LogP contribution in [-0.2, 0) is 0 Å². The number of esters is 1. The zero-order chi connectivity index (χ0) is 21.6. The fraction of sp³-hybridized carbons (Fsp3) is 0.0833. The molecule has 0 radical (unpaired) electrons. The van der Waals surface area contributed by atoms with Gasteiger partial charge in [-0.05, 0) is 36.4 Å². The average Bonchev–Trinajstić information content (AvgIpc) is 2.78. The summed E-state index contributed by atoms with van der Waals surface area (Å²) in [5.41, 5.74) is 1.60. The SMILES string of the molecule is O=C(Oc1ccccc1OCCNc1ccccc1)c1c(Cl)ccc2cc(Cl)cnc12. The topological polar surface area (TPSA) is 60.5 Å². The minimum absolute atomic E-state index is 0.177. The summed E-state index contributed by atoms with van der Waals surface area (Å²) < 4.78 is 11.4. The Morgan fingerprint density at radius 3 is 2.48 bits per heavy atom. The van der Waals surface area contributed by atoms with Gasteiger partial charge in [0.2, 0.25) is 0 Å². The molecular formula is C24H18Cl2N2O3. The first-order chi connectivity index (χ1) is 15.1. The van der Waals surface area contributed by atoms with Crippen molar-refractivity contribution in [1.82, 2.24) is 4.98 Å². The van der Waals surface area contributed by atoms with Crippen LogP contribution in [0.5, 0.6) is 11.5 Å². The minimum atomic E-state index is -0.621. The molecular weight excluding hydrogens is 435 g/mol. The highest BCUT2D eigenvalue weighted by Crippen LogP contribution is 2.31. The number of nitrogens with one attached hydrogen (secondary N) is 1. The number of para-hydroxylation sites is 3. The van der Waals surface area contributed by atoms with E-state index in [0.29, 0.717) is 40.6 Å². The molecule has 156 valence electrons. The summed E-state index contributed by atoms with van der Waals surface area (Å²) in [5, 5.41) is 4.68. The highest BCUT2D eigenvalue weighted by molar-refractivity contribution is 6.35. The number of ether oxygens (including phenoxy) is 2. The van der Waals surface area contributed by atoms with E-state index in [1.54, 1.807) is 36.4 Å². The fourth-order valence-corrected chi connectivity index (χ4v) is 3.46. The number of hydrogen-bond donors (Lipinski definition) is 1. The number of rotatable bonds is 7. The van der Waals surface area contributed by atoms with Crippen LogP contribution < -0.4 is 14.8 Å². The number of carbonyl (C=O) groups is 1. The number of halogens is 2. The summed E-state index contributed by atoms with van der Waals surface area (Å²) in [7, 11) is 0. The lowest BCUT2D eigenvalue weighted by molar-refractivity contribution is 0.0730. The van der Waals surface area contributed by atoms with Crippen LogP contribution in [0.2, 0.25) is 10.0 Å². The summed E-state index contributed by atoms with van der Waals surface area (Å²) in [5.74, 6) is 0.135. The van der Waals surface area contributed by atoms with E-state index in [9.17, 15) is 4.79 Å². The number of fused-ring (bicyclic) bond motifs is 1. The molecule has 0 fully saturated rings. The van der Waals surface area contributed by atoms with Gasteiger partial charge in [-0.2, -0.15) is 0 Å². The molecule has 0 atom stereocenters. The third-order valence-electron chi connectivity index (χ3n) is 4.49. The van der Waals surface area contributed by atoms with Gasteiger partial charge in [0.25, 0.3) is 0 Å². The molecule has 31 heavy (non-hydrogen) atoms. The van der Waals surface area contributed by atoms with Crippen molar-refractivity contribution in [2.45, 2.75) is 0 Å². The Kier molecular flexibility index (Phi) is 6.55. The minimum Gasteiger partial charge on any atom is -0.488 e. The third-order valence-corrected chi connectivity index (χ3v) is 5.01. The first kappa shape index (κ1) is 21.0. The van der Waals surface area contributed by atoms with E-state index in [1.807, 2.05) is 36.4 Å². The van der Waals surface area contributed by atoms with E-state index in [-0.39, 0.29) is 10.6 Å². The van der Waals surface area contributed by atoms with Gasteiger partial charge in [-0.1, -0.05) is 59.6 Å². The van der Waals surface area contributed by atoms with Gasteiger partial charge >= 0.3 is 5.97 Å². The number of carbonyl (C=O) groups excluding carboxylic acids is 1. The molecule has 1 N–H and O–H groups in total. The highest BCUT2D eigenvalue weighted by atomic mass is 35.5. The molecule has 0 saturated heterocycles.